The van der Waals surface area contributed by atoms with Gasteiger partial charge in [-0.05, 0) is 24.6 Å². The summed E-state index contributed by atoms with van der Waals surface area (Å²) in [5.74, 6) is 0.438. The standard InChI is InChI=1S/C15H13ClN4O3/c1-8-7-12(23-19-8)15(21)18-13(14-17-9(2)22-20-14)10-3-5-11(16)6-4-10/h3-7,13H,1-2H3,(H,18,21)/t13-/m1/s1. The number of nitrogens with zero attached hydrogens (tertiary/aromatic N) is 3. The first-order valence-electron chi connectivity index (χ1n) is 6.83. The van der Waals surface area contributed by atoms with Crippen molar-refractivity contribution in [2.75, 3.05) is 0 Å². The lowest BCUT2D eigenvalue weighted by Gasteiger charge is -2.15. The number of carbonyl (C=O) groups excluding carboxylic acids is 1. The van der Waals surface area contributed by atoms with Gasteiger partial charge in [-0.2, -0.15) is 4.98 Å². The molecule has 118 valence electrons. The molecule has 0 fully saturated rings. The number of carbonyl (C=O) groups is 1. The molecule has 1 atom stereocenters. The second kappa shape index (κ2) is 6.21. The molecule has 0 saturated carbocycles. The molecule has 7 nitrogen and oxygen atoms in total. The smallest absolute Gasteiger partial charge is 0.290 e. The monoisotopic (exact) mass is 332 g/mol. The van der Waals surface area contributed by atoms with Crippen molar-refractivity contribution in [2.24, 2.45) is 0 Å². The third-order valence-electron chi connectivity index (χ3n) is 3.13. The molecule has 23 heavy (non-hydrogen) atoms. The predicted molar refractivity (Wildman–Crippen MR) is 81.0 cm³/mol. The number of rotatable bonds is 4. The van der Waals surface area contributed by atoms with E-state index in [1.807, 2.05) is 0 Å². The molecule has 0 saturated heterocycles. The van der Waals surface area contributed by atoms with Crippen molar-refractivity contribution in [3.63, 3.8) is 0 Å². The highest BCUT2D eigenvalue weighted by atomic mass is 35.5. The summed E-state index contributed by atoms with van der Waals surface area (Å²) in [5, 5.41) is 11.0. The van der Waals surface area contributed by atoms with Gasteiger partial charge in [0.2, 0.25) is 11.7 Å². The van der Waals surface area contributed by atoms with Gasteiger partial charge >= 0.3 is 0 Å². The van der Waals surface area contributed by atoms with Gasteiger partial charge in [-0.1, -0.05) is 34.0 Å². The largest absolute Gasteiger partial charge is 0.351 e. The maximum absolute atomic E-state index is 12.3. The van der Waals surface area contributed by atoms with E-state index in [-0.39, 0.29) is 5.76 Å². The summed E-state index contributed by atoms with van der Waals surface area (Å²) in [4.78, 5) is 16.5. The first-order chi connectivity index (χ1) is 11.0. The van der Waals surface area contributed by atoms with E-state index in [9.17, 15) is 4.79 Å². The maximum atomic E-state index is 12.3. The van der Waals surface area contributed by atoms with Gasteiger partial charge in [0.25, 0.3) is 5.91 Å². The lowest BCUT2D eigenvalue weighted by molar-refractivity contribution is 0.0904. The van der Waals surface area contributed by atoms with Crippen LogP contribution in [0.5, 0.6) is 0 Å². The number of amides is 1. The molecule has 2 heterocycles. The zero-order chi connectivity index (χ0) is 16.4. The Bertz CT molecular complexity index is 825. The van der Waals surface area contributed by atoms with Crippen LogP contribution in [0, 0.1) is 13.8 Å². The molecule has 0 aliphatic heterocycles. The van der Waals surface area contributed by atoms with Gasteiger partial charge in [0.15, 0.2) is 5.82 Å². The Morgan fingerprint density at radius 3 is 2.48 bits per heavy atom. The van der Waals surface area contributed by atoms with Crippen LogP contribution in [-0.4, -0.2) is 21.2 Å². The highest BCUT2D eigenvalue weighted by molar-refractivity contribution is 6.30. The molecule has 8 heteroatoms. The molecule has 0 unspecified atom stereocenters. The van der Waals surface area contributed by atoms with Crippen LogP contribution in [0.2, 0.25) is 5.02 Å². The third-order valence-corrected chi connectivity index (χ3v) is 3.38. The molecule has 0 aliphatic rings. The van der Waals surface area contributed by atoms with E-state index in [0.717, 1.165) is 5.56 Å². The summed E-state index contributed by atoms with van der Waals surface area (Å²) in [6.45, 7) is 3.41. The zero-order valence-electron chi connectivity index (χ0n) is 12.4. The van der Waals surface area contributed by atoms with Crippen molar-refractivity contribution in [1.29, 1.82) is 0 Å². The van der Waals surface area contributed by atoms with Crippen LogP contribution in [0.3, 0.4) is 0 Å². The van der Waals surface area contributed by atoms with Crippen molar-refractivity contribution in [3.8, 4) is 0 Å². The Labute approximate surface area is 136 Å². The van der Waals surface area contributed by atoms with Crippen molar-refractivity contribution in [2.45, 2.75) is 19.9 Å². The van der Waals surface area contributed by atoms with Crippen LogP contribution in [0.1, 0.15) is 39.6 Å². The van der Waals surface area contributed by atoms with Gasteiger partial charge in [-0.25, -0.2) is 0 Å². The number of halogens is 1. The summed E-state index contributed by atoms with van der Waals surface area (Å²) in [6, 6.07) is 7.97. The second-order valence-electron chi connectivity index (χ2n) is 4.96. The molecule has 0 bridgehead atoms. The van der Waals surface area contributed by atoms with E-state index in [2.05, 4.69) is 20.6 Å². The van der Waals surface area contributed by atoms with Crippen LogP contribution in [0.15, 0.2) is 39.4 Å². The van der Waals surface area contributed by atoms with Gasteiger partial charge < -0.3 is 14.4 Å². The van der Waals surface area contributed by atoms with Gasteiger partial charge in [-0.15, -0.1) is 0 Å². The van der Waals surface area contributed by atoms with Gasteiger partial charge in [0.05, 0.1) is 5.69 Å². The zero-order valence-corrected chi connectivity index (χ0v) is 13.2. The van der Waals surface area contributed by atoms with Crippen molar-refractivity contribution >= 4 is 17.5 Å². The van der Waals surface area contributed by atoms with Crippen molar-refractivity contribution < 1.29 is 13.8 Å². The summed E-state index contributed by atoms with van der Waals surface area (Å²) in [7, 11) is 0. The highest BCUT2D eigenvalue weighted by Gasteiger charge is 2.24. The van der Waals surface area contributed by atoms with Crippen LogP contribution in [0.4, 0.5) is 0 Å². The van der Waals surface area contributed by atoms with Crippen LogP contribution in [-0.2, 0) is 0 Å². The average Bonchev–Trinajstić information content (AvgIpc) is 3.14. The van der Waals surface area contributed by atoms with Gasteiger partial charge in [0.1, 0.15) is 6.04 Å². The van der Waals surface area contributed by atoms with Crippen molar-refractivity contribution in [1.82, 2.24) is 20.6 Å². The Hall–Kier alpha value is -2.67. The SMILES string of the molecule is Cc1cc(C(=O)N[C@H](c2ccc(Cl)cc2)c2noc(C)n2)on1. The number of hydrogen-bond acceptors (Lipinski definition) is 6. The number of hydrogen-bond donors (Lipinski definition) is 1. The molecule has 3 rings (SSSR count). The normalized spacial score (nSPS) is 12.1. The van der Waals surface area contributed by atoms with E-state index in [4.69, 9.17) is 20.6 Å². The first kappa shape index (κ1) is 15.2. The summed E-state index contributed by atoms with van der Waals surface area (Å²) in [6.07, 6.45) is 0. The van der Waals surface area contributed by atoms with Crippen LogP contribution >= 0.6 is 11.6 Å². The van der Waals surface area contributed by atoms with Crippen LogP contribution < -0.4 is 5.32 Å². The number of aryl methyl sites for hydroxylation is 2. The molecule has 0 spiro atoms. The second-order valence-corrected chi connectivity index (χ2v) is 5.40. The molecule has 1 N–H and O–H groups in total. The molecule has 1 amide bonds. The fourth-order valence-corrected chi connectivity index (χ4v) is 2.18. The lowest BCUT2D eigenvalue weighted by atomic mass is 10.1. The number of benzene rings is 1. The summed E-state index contributed by atoms with van der Waals surface area (Å²) < 4.78 is 9.98. The molecule has 0 radical (unpaired) electrons. The van der Waals surface area contributed by atoms with E-state index in [0.29, 0.717) is 22.4 Å². The Kier molecular flexibility index (Phi) is 4.12. The summed E-state index contributed by atoms with van der Waals surface area (Å²) >= 11 is 5.91. The maximum Gasteiger partial charge on any atom is 0.290 e. The van der Waals surface area contributed by atoms with E-state index in [1.54, 1.807) is 44.2 Å². The average molecular weight is 333 g/mol. The predicted octanol–water partition coefficient (Wildman–Crippen LogP) is 2.85. The third kappa shape index (κ3) is 3.40. The quantitative estimate of drug-likeness (QED) is 0.789. The fraction of sp³-hybridized carbons (Fsp3) is 0.200. The van der Waals surface area contributed by atoms with Gasteiger partial charge in [-0.3, -0.25) is 4.79 Å². The Morgan fingerprint density at radius 2 is 1.91 bits per heavy atom. The minimum absolute atomic E-state index is 0.113. The number of aromatic nitrogens is 3. The number of nitrogens with one attached hydrogen (secondary N) is 1. The van der Waals surface area contributed by atoms with Gasteiger partial charge in [0, 0.05) is 18.0 Å². The molecular formula is C15H13ClN4O3. The molecule has 1 aromatic carbocycles. The lowest BCUT2D eigenvalue weighted by Crippen LogP contribution is -2.29. The van der Waals surface area contributed by atoms with Crippen molar-refractivity contribution in [3.05, 3.63) is 64.1 Å². The Morgan fingerprint density at radius 1 is 1.17 bits per heavy atom. The van der Waals surface area contributed by atoms with E-state index >= 15 is 0 Å². The molecule has 3 aromatic rings. The van der Waals surface area contributed by atoms with E-state index in [1.165, 1.54) is 0 Å². The minimum Gasteiger partial charge on any atom is -0.351 e. The fourth-order valence-electron chi connectivity index (χ4n) is 2.06. The minimum atomic E-state index is -0.595. The summed E-state index contributed by atoms with van der Waals surface area (Å²) in [5.41, 5.74) is 1.38. The Balaban J connectivity index is 1.92. The topological polar surface area (TPSA) is 94.1 Å². The van der Waals surface area contributed by atoms with E-state index < -0.39 is 11.9 Å². The highest BCUT2D eigenvalue weighted by Crippen LogP contribution is 2.22. The molecule has 2 aromatic heterocycles. The molecule has 0 aliphatic carbocycles. The first-order valence-corrected chi connectivity index (χ1v) is 7.20. The van der Waals surface area contributed by atoms with Crippen LogP contribution in [0.25, 0.3) is 0 Å². The molecular weight excluding hydrogens is 320 g/mol.